The third-order valence-electron chi connectivity index (χ3n) is 3.99. The predicted molar refractivity (Wildman–Crippen MR) is 81.3 cm³/mol. The Hall–Kier alpha value is -0.900. The molecule has 3 nitrogen and oxygen atoms in total. The van der Waals surface area contributed by atoms with Gasteiger partial charge in [-0.1, -0.05) is 37.3 Å². The van der Waals surface area contributed by atoms with Crippen LogP contribution < -0.4 is 5.32 Å². The van der Waals surface area contributed by atoms with Crippen LogP contribution in [0.25, 0.3) is 0 Å². The van der Waals surface area contributed by atoms with Gasteiger partial charge in [0.05, 0.1) is 0 Å². The van der Waals surface area contributed by atoms with Gasteiger partial charge in [0.2, 0.25) is 0 Å². The number of nitrogens with zero attached hydrogens (tertiary/aromatic N) is 2. The third kappa shape index (κ3) is 4.03. The van der Waals surface area contributed by atoms with E-state index in [1.54, 1.807) is 0 Å². The van der Waals surface area contributed by atoms with E-state index in [9.17, 15) is 0 Å². The molecule has 3 heteroatoms. The van der Waals surface area contributed by atoms with Gasteiger partial charge >= 0.3 is 0 Å². The molecule has 0 bridgehead atoms. The summed E-state index contributed by atoms with van der Waals surface area (Å²) in [5, 5.41) is 3.42. The maximum atomic E-state index is 3.42. The molecule has 1 fully saturated rings. The number of hydrogen-bond acceptors (Lipinski definition) is 3. The van der Waals surface area contributed by atoms with Crippen LogP contribution in [0.5, 0.6) is 0 Å². The summed E-state index contributed by atoms with van der Waals surface area (Å²) in [6.07, 6.45) is 0. The van der Waals surface area contributed by atoms with Crippen molar-refractivity contribution in [3.63, 3.8) is 0 Å². The third-order valence-corrected chi connectivity index (χ3v) is 3.99. The SMILES string of the molecule is CC(CN1CCNCC1)C(c1ccccc1)N(C)C. The van der Waals surface area contributed by atoms with Gasteiger partial charge in [0.15, 0.2) is 0 Å². The molecule has 1 aromatic rings. The van der Waals surface area contributed by atoms with Crippen molar-refractivity contribution in [2.75, 3.05) is 46.8 Å². The quantitative estimate of drug-likeness (QED) is 0.872. The van der Waals surface area contributed by atoms with E-state index in [0.717, 1.165) is 13.1 Å². The fraction of sp³-hybridized carbons (Fsp3) is 0.625. The predicted octanol–water partition coefficient (Wildman–Crippen LogP) is 1.83. The molecule has 19 heavy (non-hydrogen) atoms. The summed E-state index contributed by atoms with van der Waals surface area (Å²) >= 11 is 0. The molecule has 1 aliphatic heterocycles. The van der Waals surface area contributed by atoms with Gasteiger partial charge in [0.25, 0.3) is 0 Å². The van der Waals surface area contributed by atoms with E-state index in [4.69, 9.17) is 0 Å². The Morgan fingerprint density at radius 3 is 2.37 bits per heavy atom. The minimum Gasteiger partial charge on any atom is -0.314 e. The van der Waals surface area contributed by atoms with E-state index in [1.807, 2.05) is 0 Å². The van der Waals surface area contributed by atoms with E-state index in [0.29, 0.717) is 12.0 Å². The van der Waals surface area contributed by atoms with Gasteiger partial charge in [-0.15, -0.1) is 0 Å². The Balaban J connectivity index is 2.02. The molecule has 2 unspecified atom stereocenters. The first-order chi connectivity index (χ1) is 9.18. The van der Waals surface area contributed by atoms with Crippen molar-refractivity contribution in [1.82, 2.24) is 15.1 Å². The highest BCUT2D eigenvalue weighted by molar-refractivity contribution is 5.19. The second-order valence-corrected chi connectivity index (χ2v) is 5.85. The summed E-state index contributed by atoms with van der Waals surface area (Å²) in [6, 6.07) is 11.4. The number of hydrogen-bond donors (Lipinski definition) is 1. The summed E-state index contributed by atoms with van der Waals surface area (Å²) in [6.45, 7) is 8.17. The van der Waals surface area contributed by atoms with Crippen LogP contribution >= 0.6 is 0 Å². The molecule has 1 N–H and O–H groups in total. The molecule has 106 valence electrons. The van der Waals surface area contributed by atoms with Crippen molar-refractivity contribution >= 4 is 0 Å². The Labute approximate surface area is 117 Å². The summed E-state index contributed by atoms with van der Waals surface area (Å²) < 4.78 is 0. The zero-order chi connectivity index (χ0) is 13.7. The molecule has 0 saturated carbocycles. The minimum atomic E-state index is 0.496. The van der Waals surface area contributed by atoms with Crippen LogP contribution in [0.4, 0.5) is 0 Å². The summed E-state index contributed by atoms with van der Waals surface area (Å²) in [7, 11) is 4.37. The molecule has 1 aliphatic rings. The smallest absolute Gasteiger partial charge is 0.0379 e. The van der Waals surface area contributed by atoms with Gasteiger partial charge < -0.3 is 15.1 Å². The first-order valence-corrected chi connectivity index (χ1v) is 7.33. The van der Waals surface area contributed by atoms with Gasteiger partial charge in [0.1, 0.15) is 0 Å². The van der Waals surface area contributed by atoms with Crippen molar-refractivity contribution in [3.05, 3.63) is 35.9 Å². The van der Waals surface area contributed by atoms with E-state index in [1.165, 1.54) is 25.2 Å². The highest BCUT2D eigenvalue weighted by Gasteiger charge is 2.23. The average molecular weight is 261 g/mol. The molecule has 2 rings (SSSR count). The van der Waals surface area contributed by atoms with Crippen molar-refractivity contribution in [1.29, 1.82) is 0 Å². The first-order valence-electron chi connectivity index (χ1n) is 7.33. The Morgan fingerprint density at radius 1 is 1.16 bits per heavy atom. The molecule has 0 aliphatic carbocycles. The van der Waals surface area contributed by atoms with Crippen molar-refractivity contribution in [3.8, 4) is 0 Å². The van der Waals surface area contributed by atoms with Crippen molar-refractivity contribution < 1.29 is 0 Å². The summed E-state index contributed by atoms with van der Waals surface area (Å²) in [5.41, 5.74) is 1.43. The lowest BCUT2D eigenvalue weighted by molar-refractivity contribution is 0.148. The van der Waals surface area contributed by atoms with Crippen LogP contribution in [-0.4, -0.2) is 56.6 Å². The van der Waals surface area contributed by atoms with Gasteiger partial charge in [-0.3, -0.25) is 0 Å². The minimum absolute atomic E-state index is 0.496. The maximum Gasteiger partial charge on any atom is 0.0379 e. The fourth-order valence-corrected chi connectivity index (χ4v) is 3.19. The van der Waals surface area contributed by atoms with E-state index in [-0.39, 0.29) is 0 Å². The lowest BCUT2D eigenvalue weighted by Gasteiger charge is -2.36. The topological polar surface area (TPSA) is 18.5 Å². The molecule has 0 radical (unpaired) electrons. The van der Waals surface area contributed by atoms with Gasteiger partial charge in [-0.05, 0) is 25.6 Å². The first kappa shape index (κ1) is 14.5. The highest BCUT2D eigenvalue weighted by Crippen LogP contribution is 2.27. The lowest BCUT2D eigenvalue weighted by atomic mass is 9.93. The highest BCUT2D eigenvalue weighted by atomic mass is 15.2. The molecule has 0 spiro atoms. The van der Waals surface area contributed by atoms with Crippen LogP contribution in [-0.2, 0) is 0 Å². The van der Waals surface area contributed by atoms with Crippen LogP contribution in [0, 0.1) is 5.92 Å². The molecule has 2 atom stereocenters. The van der Waals surface area contributed by atoms with Crippen LogP contribution in [0.1, 0.15) is 18.5 Å². The van der Waals surface area contributed by atoms with Gasteiger partial charge in [-0.2, -0.15) is 0 Å². The zero-order valence-electron chi connectivity index (χ0n) is 12.5. The standard InChI is InChI=1S/C16H27N3/c1-14(13-19-11-9-17-10-12-19)16(18(2)3)15-7-5-4-6-8-15/h4-8,14,16-17H,9-13H2,1-3H3. The number of rotatable bonds is 5. The molecule has 1 saturated heterocycles. The van der Waals surface area contributed by atoms with E-state index >= 15 is 0 Å². The normalized spacial score (nSPS) is 20.4. The molecule has 0 amide bonds. The lowest BCUT2D eigenvalue weighted by Crippen LogP contribution is -2.46. The van der Waals surface area contributed by atoms with Crippen LogP contribution in [0.3, 0.4) is 0 Å². The largest absolute Gasteiger partial charge is 0.314 e. The average Bonchev–Trinajstić information content (AvgIpc) is 2.40. The van der Waals surface area contributed by atoms with Crippen LogP contribution in [0.15, 0.2) is 30.3 Å². The zero-order valence-corrected chi connectivity index (χ0v) is 12.5. The summed E-state index contributed by atoms with van der Waals surface area (Å²) in [4.78, 5) is 4.93. The summed E-state index contributed by atoms with van der Waals surface area (Å²) in [5.74, 6) is 0.635. The number of benzene rings is 1. The van der Waals surface area contributed by atoms with Crippen LogP contribution in [0.2, 0.25) is 0 Å². The van der Waals surface area contributed by atoms with Gasteiger partial charge in [-0.25, -0.2) is 0 Å². The molecular weight excluding hydrogens is 234 g/mol. The number of piperazine rings is 1. The van der Waals surface area contributed by atoms with Gasteiger partial charge in [0, 0.05) is 38.8 Å². The Morgan fingerprint density at radius 2 is 1.79 bits per heavy atom. The molecular formula is C16H27N3. The second-order valence-electron chi connectivity index (χ2n) is 5.85. The Kier molecular flexibility index (Phi) is 5.37. The Bertz CT molecular complexity index is 358. The van der Waals surface area contributed by atoms with Crippen molar-refractivity contribution in [2.24, 2.45) is 5.92 Å². The fourth-order valence-electron chi connectivity index (χ4n) is 3.19. The molecule has 1 heterocycles. The van der Waals surface area contributed by atoms with E-state index in [2.05, 4.69) is 66.5 Å². The van der Waals surface area contributed by atoms with E-state index < -0.39 is 0 Å². The molecule has 1 aromatic carbocycles. The number of nitrogens with one attached hydrogen (secondary N) is 1. The molecule has 0 aromatic heterocycles. The maximum absolute atomic E-state index is 3.42. The van der Waals surface area contributed by atoms with Crippen molar-refractivity contribution in [2.45, 2.75) is 13.0 Å². The second kappa shape index (κ2) is 7.04. The monoisotopic (exact) mass is 261 g/mol.